The fourth-order valence-corrected chi connectivity index (χ4v) is 0.0996. The van der Waals surface area contributed by atoms with Crippen LogP contribution in [0.15, 0.2) is 16.9 Å². The molecule has 0 aliphatic carbocycles. The summed E-state index contributed by atoms with van der Waals surface area (Å²) in [7, 11) is 0. The van der Waals surface area contributed by atoms with Crippen molar-refractivity contribution in [2.45, 2.75) is 6.92 Å². The van der Waals surface area contributed by atoms with Crippen molar-refractivity contribution < 1.29 is 4.94 Å². The van der Waals surface area contributed by atoms with Gasteiger partial charge in [-0.3, -0.25) is 0 Å². The molecule has 0 bridgehead atoms. The SMILES string of the molecule is C=C=NO/N=C\C. The van der Waals surface area contributed by atoms with E-state index in [1.807, 2.05) is 0 Å². The fourth-order valence-electron chi connectivity index (χ4n) is 0.0996. The van der Waals surface area contributed by atoms with Crippen molar-refractivity contribution in [3.63, 3.8) is 0 Å². The molecule has 0 unspecified atom stereocenters. The molecule has 0 radical (unpaired) electrons. The Morgan fingerprint density at radius 2 is 2.57 bits per heavy atom. The van der Waals surface area contributed by atoms with Crippen LogP contribution < -0.4 is 0 Å². The number of hydrogen-bond donors (Lipinski definition) is 0. The summed E-state index contributed by atoms with van der Waals surface area (Å²) in [4.78, 5) is 4.15. The van der Waals surface area contributed by atoms with E-state index < -0.39 is 0 Å². The van der Waals surface area contributed by atoms with Crippen LogP contribution in [0, 0.1) is 0 Å². The molecule has 0 rings (SSSR count). The molecular weight excluding hydrogens is 92.1 g/mol. The molecule has 3 heteroatoms. The van der Waals surface area contributed by atoms with Crippen LogP contribution in [0.3, 0.4) is 0 Å². The number of rotatable bonds is 2. The van der Waals surface area contributed by atoms with E-state index in [0.717, 1.165) is 0 Å². The van der Waals surface area contributed by atoms with Crippen LogP contribution in [0.2, 0.25) is 0 Å². The van der Waals surface area contributed by atoms with Crippen LogP contribution in [0.5, 0.6) is 0 Å². The minimum atomic E-state index is 1.47. The maximum absolute atomic E-state index is 4.15. The van der Waals surface area contributed by atoms with Crippen molar-refractivity contribution in [2.75, 3.05) is 0 Å². The van der Waals surface area contributed by atoms with Gasteiger partial charge in [-0.15, -0.1) is 0 Å². The van der Waals surface area contributed by atoms with Crippen LogP contribution in [0.4, 0.5) is 0 Å². The quantitative estimate of drug-likeness (QED) is 0.371. The molecule has 0 aromatic heterocycles. The first kappa shape index (κ1) is 5.92. The van der Waals surface area contributed by atoms with Crippen LogP contribution in [0.1, 0.15) is 6.92 Å². The Morgan fingerprint density at radius 3 is 3.00 bits per heavy atom. The largest absolute Gasteiger partial charge is 0.236 e. The standard InChI is InChI=1S/C4H6N2O/c1-3-5-7-6-4-2/h4H,1H2,2H3/b6-4-. The van der Waals surface area contributed by atoms with Crippen molar-refractivity contribution in [1.82, 2.24) is 0 Å². The first-order valence-electron chi connectivity index (χ1n) is 1.78. The second-order valence-corrected chi connectivity index (χ2v) is 0.695. The van der Waals surface area contributed by atoms with Crippen LogP contribution in [-0.4, -0.2) is 12.1 Å². The summed E-state index contributed by atoms with van der Waals surface area (Å²) in [5.41, 5.74) is 0. The van der Waals surface area contributed by atoms with Crippen LogP contribution >= 0.6 is 0 Å². The number of hydrogen-bond acceptors (Lipinski definition) is 3. The van der Waals surface area contributed by atoms with E-state index in [0.29, 0.717) is 0 Å². The monoisotopic (exact) mass is 98.0 g/mol. The minimum absolute atomic E-state index is 1.47. The van der Waals surface area contributed by atoms with E-state index in [1.165, 1.54) is 6.21 Å². The summed E-state index contributed by atoms with van der Waals surface area (Å²) >= 11 is 0. The molecule has 7 heavy (non-hydrogen) atoms. The Hall–Kier alpha value is -1.08. The molecule has 38 valence electrons. The number of oxime groups is 1. The van der Waals surface area contributed by atoms with Gasteiger partial charge in [-0.1, -0.05) is 5.16 Å². The average molecular weight is 98.1 g/mol. The molecule has 0 aromatic rings. The van der Waals surface area contributed by atoms with Crippen LogP contribution in [-0.2, 0) is 4.94 Å². The Kier molecular flexibility index (Phi) is 4.16. The molecule has 0 saturated carbocycles. The maximum atomic E-state index is 4.15. The van der Waals surface area contributed by atoms with E-state index in [9.17, 15) is 0 Å². The highest BCUT2D eigenvalue weighted by atomic mass is 16.8. The van der Waals surface area contributed by atoms with E-state index in [-0.39, 0.29) is 0 Å². The second-order valence-electron chi connectivity index (χ2n) is 0.695. The van der Waals surface area contributed by atoms with Gasteiger partial charge in [-0.25, -0.2) is 4.94 Å². The highest BCUT2D eigenvalue weighted by molar-refractivity contribution is 5.52. The van der Waals surface area contributed by atoms with Gasteiger partial charge in [0.1, 0.15) is 0 Å². The van der Waals surface area contributed by atoms with Gasteiger partial charge in [-0.2, -0.15) is 0 Å². The number of nitrogens with zero attached hydrogens (tertiary/aromatic N) is 2. The molecule has 3 nitrogen and oxygen atoms in total. The van der Waals surface area contributed by atoms with Gasteiger partial charge in [0.25, 0.3) is 0 Å². The van der Waals surface area contributed by atoms with Gasteiger partial charge in [0.05, 0.1) is 0 Å². The molecule has 0 saturated heterocycles. The zero-order chi connectivity index (χ0) is 5.54. The van der Waals surface area contributed by atoms with Crippen molar-refractivity contribution in [3.8, 4) is 0 Å². The minimum Gasteiger partial charge on any atom is -0.236 e. The Morgan fingerprint density at radius 1 is 1.86 bits per heavy atom. The highest BCUT2D eigenvalue weighted by Gasteiger charge is 1.57. The van der Waals surface area contributed by atoms with Gasteiger partial charge in [0.15, 0.2) is 0 Å². The summed E-state index contributed by atoms with van der Waals surface area (Å²) < 4.78 is 0. The highest BCUT2D eigenvalue weighted by Crippen LogP contribution is 1.68. The van der Waals surface area contributed by atoms with E-state index in [1.54, 1.807) is 6.92 Å². The molecule has 0 spiro atoms. The summed E-state index contributed by atoms with van der Waals surface area (Å²) in [6.45, 7) is 4.86. The molecule has 0 aliphatic heterocycles. The molecular formula is C4H6N2O. The zero-order valence-electron chi connectivity index (χ0n) is 4.09. The first-order valence-corrected chi connectivity index (χ1v) is 1.78. The van der Waals surface area contributed by atoms with Crippen molar-refractivity contribution >= 4 is 12.1 Å². The second kappa shape index (κ2) is 4.92. The lowest BCUT2D eigenvalue weighted by Crippen LogP contribution is -1.64. The smallest absolute Gasteiger partial charge is 0.0439 e. The lowest BCUT2D eigenvalue weighted by molar-refractivity contribution is 0.159. The van der Waals surface area contributed by atoms with Gasteiger partial charge >= 0.3 is 0 Å². The lowest BCUT2D eigenvalue weighted by atomic mass is 10.9. The van der Waals surface area contributed by atoms with Gasteiger partial charge in [0.2, 0.25) is 0 Å². The third-order valence-electron chi connectivity index (χ3n) is 0.258. The Balaban J connectivity index is 3.15. The summed E-state index contributed by atoms with van der Waals surface area (Å²) in [5, 5.41) is 6.37. The van der Waals surface area contributed by atoms with Crippen molar-refractivity contribution in [1.29, 1.82) is 0 Å². The maximum Gasteiger partial charge on any atom is 0.0439 e. The molecule has 0 amide bonds. The van der Waals surface area contributed by atoms with Crippen LogP contribution in [0.25, 0.3) is 0 Å². The normalized spacial score (nSPS) is 8.14. The third-order valence-corrected chi connectivity index (χ3v) is 0.258. The molecule has 0 heterocycles. The average Bonchev–Trinajstić information content (AvgIpc) is 1.69. The Bertz CT molecular complexity index is 102. The molecule has 0 aliphatic rings. The molecule has 0 fully saturated rings. The van der Waals surface area contributed by atoms with Gasteiger partial charge < -0.3 is 0 Å². The summed E-state index contributed by atoms with van der Waals surface area (Å²) in [6, 6.07) is 0. The lowest BCUT2D eigenvalue weighted by Gasteiger charge is -1.74. The van der Waals surface area contributed by atoms with Crippen molar-refractivity contribution in [3.05, 3.63) is 6.58 Å². The van der Waals surface area contributed by atoms with Gasteiger partial charge in [-0.05, 0) is 18.7 Å². The van der Waals surface area contributed by atoms with E-state index >= 15 is 0 Å². The molecule has 0 aromatic carbocycles. The Labute approximate surface area is 42.0 Å². The summed E-state index contributed by atoms with van der Waals surface area (Å²) in [6.07, 6.45) is 1.47. The first-order chi connectivity index (χ1) is 3.41. The predicted octanol–water partition coefficient (Wildman–Crippen LogP) is 0.779. The fraction of sp³-hybridized carbons (Fsp3) is 0.250. The van der Waals surface area contributed by atoms with E-state index in [2.05, 4.69) is 27.7 Å². The topological polar surface area (TPSA) is 34.0 Å². The molecule has 0 atom stereocenters. The van der Waals surface area contributed by atoms with E-state index in [4.69, 9.17) is 0 Å². The zero-order valence-corrected chi connectivity index (χ0v) is 4.09. The predicted molar refractivity (Wildman–Crippen MR) is 28.3 cm³/mol. The van der Waals surface area contributed by atoms with Gasteiger partial charge in [0, 0.05) is 12.1 Å². The third kappa shape index (κ3) is 4.92. The summed E-state index contributed by atoms with van der Waals surface area (Å²) in [5.74, 6) is 2.14. The van der Waals surface area contributed by atoms with Crippen molar-refractivity contribution in [2.24, 2.45) is 10.3 Å². The molecule has 0 N–H and O–H groups in total.